The average molecular weight is 296 g/mol. The highest BCUT2D eigenvalue weighted by Crippen LogP contribution is 2.28. The Balaban J connectivity index is 2.15. The fourth-order valence-electron chi connectivity index (χ4n) is 1.68. The Hall–Kier alpha value is -2.50. The summed E-state index contributed by atoms with van der Waals surface area (Å²) >= 11 is 0. The summed E-state index contributed by atoms with van der Waals surface area (Å²) in [5.74, 6) is -0.363. The lowest BCUT2D eigenvalue weighted by Crippen LogP contribution is -2.17. The van der Waals surface area contributed by atoms with Crippen LogP contribution in [0, 0.1) is 0 Å². The predicted molar refractivity (Wildman–Crippen MR) is 69.3 cm³/mol. The van der Waals surface area contributed by atoms with Crippen molar-refractivity contribution in [2.24, 2.45) is 0 Å². The number of aldehydes is 1. The average Bonchev–Trinajstić information content (AvgIpc) is 2.44. The summed E-state index contributed by atoms with van der Waals surface area (Å²) in [7, 11) is 0. The monoisotopic (exact) mass is 296 g/mol. The Morgan fingerprint density at radius 1 is 1.00 bits per heavy atom. The predicted octanol–water partition coefficient (Wildman–Crippen LogP) is 3.98. The van der Waals surface area contributed by atoms with Gasteiger partial charge < -0.3 is 9.47 Å². The van der Waals surface area contributed by atoms with Gasteiger partial charge in [-0.25, -0.2) is 0 Å². The quantitative estimate of drug-likeness (QED) is 0.783. The van der Waals surface area contributed by atoms with Crippen molar-refractivity contribution in [2.45, 2.75) is 13.0 Å². The molecule has 0 radical (unpaired) electrons. The molecule has 2 aromatic carbocycles. The van der Waals surface area contributed by atoms with E-state index in [1.807, 2.05) is 30.3 Å². The van der Waals surface area contributed by atoms with Gasteiger partial charge in [0.25, 0.3) is 0 Å². The van der Waals surface area contributed by atoms with Gasteiger partial charge in [0.05, 0.1) is 0 Å². The van der Waals surface area contributed by atoms with E-state index in [9.17, 15) is 18.0 Å². The largest absolute Gasteiger partial charge is 0.573 e. The maximum atomic E-state index is 12.2. The van der Waals surface area contributed by atoms with E-state index >= 15 is 0 Å². The van der Waals surface area contributed by atoms with Gasteiger partial charge >= 0.3 is 6.36 Å². The van der Waals surface area contributed by atoms with Crippen LogP contribution in [0.3, 0.4) is 0 Å². The zero-order valence-corrected chi connectivity index (χ0v) is 10.8. The molecule has 0 fully saturated rings. The molecule has 0 spiro atoms. The Kier molecular flexibility index (Phi) is 4.47. The zero-order valence-electron chi connectivity index (χ0n) is 10.8. The van der Waals surface area contributed by atoms with E-state index in [0.29, 0.717) is 6.29 Å². The number of benzene rings is 2. The summed E-state index contributed by atoms with van der Waals surface area (Å²) in [5, 5.41) is 0. The Bertz CT molecular complexity index is 609. The Morgan fingerprint density at radius 3 is 2.29 bits per heavy atom. The van der Waals surface area contributed by atoms with Crippen molar-refractivity contribution in [1.82, 2.24) is 0 Å². The van der Waals surface area contributed by atoms with Crippen LogP contribution in [0.5, 0.6) is 11.5 Å². The number of alkyl halides is 3. The van der Waals surface area contributed by atoms with Crippen LogP contribution in [-0.2, 0) is 6.61 Å². The summed E-state index contributed by atoms with van der Waals surface area (Å²) in [6.45, 7) is 0.175. The van der Waals surface area contributed by atoms with E-state index in [2.05, 4.69) is 4.74 Å². The molecule has 0 atom stereocenters. The van der Waals surface area contributed by atoms with Gasteiger partial charge in [0.15, 0.2) is 0 Å². The highest BCUT2D eigenvalue weighted by atomic mass is 19.4. The fourth-order valence-corrected chi connectivity index (χ4v) is 1.68. The molecule has 21 heavy (non-hydrogen) atoms. The van der Waals surface area contributed by atoms with E-state index in [1.165, 1.54) is 6.07 Å². The lowest BCUT2D eigenvalue weighted by Gasteiger charge is -2.12. The molecule has 2 rings (SSSR count). The molecule has 0 aliphatic rings. The van der Waals surface area contributed by atoms with Crippen LogP contribution in [0.4, 0.5) is 13.2 Å². The zero-order chi connectivity index (χ0) is 15.3. The van der Waals surface area contributed by atoms with E-state index in [4.69, 9.17) is 4.74 Å². The first-order valence-electron chi connectivity index (χ1n) is 5.99. The number of halogens is 3. The summed E-state index contributed by atoms with van der Waals surface area (Å²) in [5.41, 5.74) is 0.895. The van der Waals surface area contributed by atoms with Gasteiger partial charge in [-0.2, -0.15) is 0 Å². The minimum atomic E-state index is -4.82. The maximum Gasteiger partial charge on any atom is 0.573 e. The number of carbonyl (C=O) groups is 1. The first-order valence-corrected chi connectivity index (χ1v) is 5.99. The van der Waals surface area contributed by atoms with E-state index in [1.54, 1.807) is 0 Å². The Labute approximate surface area is 118 Å². The molecule has 0 amide bonds. The molecule has 110 valence electrons. The normalized spacial score (nSPS) is 11.0. The standard InChI is InChI=1S/C15H11F3O3/c16-15(17,18)21-14-7-12(9-19)6-13(8-14)20-10-11-4-2-1-3-5-11/h1-9H,10H2. The van der Waals surface area contributed by atoms with Gasteiger partial charge in [-0.1, -0.05) is 30.3 Å². The minimum Gasteiger partial charge on any atom is -0.489 e. The first kappa shape index (κ1) is 14.9. The van der Waals surface area contributed by atoms with Crippen molar-refractivity contribution < 1.29 is 27.4 Å². The molecule has 3 nitrogen and oxygen atoms in total. The first-order chi connectivity index (χ1) is 9.96. The van der Waals surface area contributed by atoms with Gasteiger partial charge in [0.2, 0.25) is 0 Å². The van der Waals surface area contributed by atoms with Crippen molar-refractivity contribution in [3.63, 3.8) is 0 Å². The van der Waals surface area contributed by atoms with Crippen molar-refractivity contribution in [3.05, 3.63) is 59.7 Å². The second-order valence-electron chi connectivity index (χ2n) is 4.18. The van der Waals surface area contributed by atoms with Crippen LogP contribution in [0.1, 0.15) is 15.9 Å². The second kappa shape index (κ2) is 6.30. The smallest absolute Gasteiger partial charge is 0.489 e. The maximum absolute atomic E-state index is 12.2. The fraction of sp³-hybridized carbons (Fsp3) is 0.133. The number of hydrogen-bond donors (Lipinski definition) is 0. The molecule has 2 aromatic rings. The number of carbonyl (C=O) groups excluding carboxylic acids is 1. The van der Waals surface area contributed by atoms with Crippen LogP contribution in [-0.4, -0.2) is 12.6 Å². The van der Waals surface area contributed by atoms with Gasteiger partial charge in [0.1, 0.15) is 24.4 Å². The van der Waals surface area contributed by atoms with Crippen molar-refractivity contribution in [1.29, 1.82) is 0 Å². The van der Waals surface area contributed by atoms with Crippen molar-refractivity contribution in [3.8, 4) is 11.5 Å². The van der Waals surface area contributed by atoms with E-state index in [-0.39, 0.29) is 17.9 Å². The third-order valence-corrected chi connectivity index (χ3v) is 2.52. The van der Waals surface area contributed by atoms with Crippen LogP contribution < -0.4 is 9.47 Å². The third-order valence-electron chi connectivity index (χ3n) is 2.52. The van der Waals surface area contributed by atoms with Crippen LogP contribution in [0.15, 0.2) is 48.5 Å². The topological polar surface area (TPSA) is 35.5 Å². The second-order valence-corrected chi connectivity index (χ2v) is 4.18. The lowest BCUT2D eigenvalue weighted by molar-refractivity contribution is -0.274. The Morgan fingerprint density at radius 2 is 1.67 bits per heavy atom. The summed E-state index contributed by atoms with van der Waals surface area (Å²) in [4.78, 5) is 10.8. The molecule has 0 bridgehead atoms. The molecule has 0 heterocycles. The van der Waals surface area contributed by atoms with Crippen LogP contribution in [0.25, 0.3) is 0 Å². The van der Waals surface area contributed by atoms with Gasteiger partial charge in [-0.05, 0) is 17.7 Å². The van der Waals surface area contributed by atoms with Crippen LogP contribution >= 0.6 is 0 Å². The van der Waals surface area contributed by atoms with Gasteiger partial charge in [0, 0.05) is 11.6 Å². The third kappa shape index (κ3) is 4.83. The molecule has 0 saturated heterocycles. The van der Waals surface area contributed by atoms with E-state index < -0.39 is 12.1 Å². The van der Waals surface area contributed by atoms with Crippen molar-refractivity contribution >= 4 is 6.29 Å². The molecule has 0 saturated carbocycles. The number of rotatable bonds is 5. The lowest BCUT2D eigenvalue weighted by atomic mass is 10.2. The molecule has 0 unspecified atom stereocenters. The summed E-state index contributed by atoms with van der Waals surface area (Å²) in [6, 6.07) is 12.5. The van der Waals surface area contributed by atoms with Gasteiger partial charge in [-0.15, -0.1) is 13.2 Å². The molecule has 0 aromatic heterocycles. The minimum absolute atomic E-state index is 0.0415. The molecular formula is C15H11F3O3. The number of hydrogen-bond acceptors (Lipinski definition) is 3. The van der Waals surface area contributed by atoms with E-state index in [0.717, 1.165) is 17.7 Å². The highest BCUT2D eigenvalue weighted by molar-refractivity contribution is 5.76. The molecule has 0 aliphatic heterocycles. The summed E-state index contributed by atoms with van der Waals surface area (Å²) < 4.78 is 45.8. The van der Waals surface area contributed by atoms with Crippen molar-refractivity contribution in [2.75, 3.05) is 0 Å². The summed E-state index contributed by atoms with van der Waals surface area (Å²) in [6.07, 6.45) is -4.39. The number of ether oxygens (including phenoxy) is 2. The molecule has 6 heteroatoms. The highest BCUT2D eigenvalue weighted by Gasteiger charge is 2.31. The van der Waals surface area contributed by atoms with Gasteiger partial charge in [-0.3, -0.25) is 4.79 Å². The molecular weight excluding hydrogens is 285 g/mol. The van der Waals surface area contributed by atoms with Crippen LogP contribution in [0.2, 0.25) is 0 Å². The SMILES string of the molecule is O=Cc1cc(OCc2ccccc2)cc(OC(F)(F)F)c1. The molecule has 0 aliphatic carbocycles. The molecule has 0 N–H and O–H groups in total.